The van der Waals surface area contributed by atoms with Gasteiger partial charge in [-0.2, -0.15) is 0 Å². The number of anilines is 1. The second-order valence-corrected chi connectivity index (χ2v) is 10.3. The predicted octanol–water partition coefficient (Wildman–Crippen LogP) is 5.47. The second-order valence-electron chi connectivity index (χ2n) is 9.25. The van der Waals surface area contributed by atoms with Gasteiger partial charge < -0.3 is 10.0 Å². The van der Waals surface area contributed by atoms with Crippen LogP contribution in [0.1, 0.15) is 40.5 Å². The number of aromatic hydroxyl groups is 1. The van der Waals surface area contributed by atoms with Gasteiger partial charge in [0.25, 0.3) is 0 Å². The Kier molecular flexibility index (Phi) is 5.86. The largest absolute Gasteiger partial charge is 0.508 e. The maximum atomic E-state index is 14.2. The molecule has 1 saturated heterocycles. The predicted molar refractivity (Wildman–Crippen MR) is 134 cm³/mol. The minimum Gasteiger partial charge on any atom is -0.508 e. The number of phenolic OH excluding ortho intramolecular Hbond substituents is 1. The van der Waals surface area contributed by atoms with Crippen LogP contribution in [0.25, 0.3) is 10.2 Å². The van der Waals surface area contributed by atoms with Crippen LogP contribution < -0.4 is 4.90 Å². The minimum absolute atomic E-state index is 0.145. The summed E-state index contributed by atoms with van der Waals surface area (Å²) in [6.45, 7) is 2.86. The average molecular weight is 493 g/mol. The topological polar surface area (TPSA) is 52.5 Å². The lowest BCUT2D eigenvalue weighted by Gasteiger charge is -2.40. The molecule has 1 aliphatic heterocycles. The fraction of sp³-hybridized carbons (Fsp3) is 0.333. The normalized spacial score (nSPS) is 17.5. The third kappa shape index (κ3) is 4.04. The monoisotopic (exact) mass is 492 g/mol. The molecule has 0 amide bonds. The number of benzene rings is 2. The number of para-hydroxylation sites is 1. The van der Waals surface area contributed by atoms with E-state index in [0.29, 0.717) is 24.2 Å². The second kappa shape index (κ2) is 9.17. The van der Waals surface area contributed by atoms with Gasteiger partial charge in [0.2, 0.25) is 0 Å². The lowest BCUT2D eigenvalue weighted by molar-refractivity contribution is 0.208. The van der Waals surface area contributed by atoms with Gasteiger partial charge in [-0.05, 0) is 55.0 Å². The Morgan fingerprint density at radius 2 is 1.71 bits per heavy atom. The zero-order valence-electron chi connectivity index (χ0n) is 19.3. The number of thiophene rings is 1. The van der Waals surface area contributed by atoms with Gasteiger partial charge in [-0.25, -0.2) is 18.7 Å². The van der Waals surface area contributed by atoms with Crippen molar-refractivity contribution in [3.05, 3.63) is 82.0 Å². The van der Waals surface area contributed by atoms with E-state index in [1.165, 1.54) is 34.7 Å². The van der Waals surface area contributed by atoms with Crippen LogP contribution in [0.15, 0.2) is 48.8 Å². The Bertz CT molecular complexity index is 1380. The quantitative estimate of drug-likeness (QED) is 0.410. The van der Waals surface area contributed by atoms with Crippen LogP contribution >= 0.6 is 11.3 Å². The van der Waals surface area contributed by atoms with Crippen molar-refractivity contribution in [2.45, 2.75) is 31.7 Å². The van der Waals surface area contributed by atoms with E-state index < -0.39 is 11.6 Å². The van der Waals surface area contributed by atoms with Crippen molar-refractivity contribution in [3.63, 3.8) is 0 Å². The molecule has 1 atom stereocenters. The van der Waals surface area contributed by atoms with Crippen molar-refractivity contribution < 1.29 is 13.9 Å². The SMILES string of the molecule is Oc1ccccc1C(c1ccc(F)c(F)c1)N1CCN(c2ncnc3sc4c(c23)CCCC4)CC1. The van der Waals surface area contributed by atoms with Crippen LogP contribution in [0.5, 0.6) is 5.75 Å². The van der Waals surface area contributed by atoms with E-state index in [1.807, 2.05) is 12.1 Å². The molecule has 0 saturated carbocycles. The molecule has 0 spiro atoms. The first-order valence-electron chi connectivity index (χ1n) is 12.1. The van der Waals surface area contributed by atoms with E-state index in [-0.39, 0.29) is 11.8 Å². The van der Waals surface area contributed by atoms with Crippen molar-refractivity contribution in [2.75, 3.05) is 31.1 Å². The number of nitrogens with zero attached hydrogens (tertiary/aromatic N) is 4. The highest BCUT2D eigenvalue weighted by molar-refractivity contribution is 7.19. The molecule has 2 aromatic heterocycles. The number of aryl methyl sites for hydroxylation is 2. The van der Waals surface area contributed by atoms with Gasteiger partial charge in [-0.1, -0.05) is 24.3 Å². The summed E-state index contributed by atoms with van der Waals surface area (Å²) in [6.07, 6.45) is 6.32. The Morgan fingerprint density at radius 1 is 0.914 bits per heavy atom. The van der Waals surface area contributed by atoms with Crippen molar-refractivity contribution in [2.24, 2.45) is 0 Å². The molecular weight excluding hydrogens is 466 g/mol. The Balaban J connectivity index is 1.31. The highest BCUT2D eigenvalue weighted by atomic mass is 32.1. The fourth-order valence-electron chi connectivity index (χ4n) is 5.49. The van der Waals surface area contributed by atoms with Gasteiger partial charge in [0, 0.05) is 36.6 Å². The first-order chi connectivity index (χ1) is 17.1. The molecule has 2 aliphatic rings. The summed E-state index contributed by atoms with van der Waals surface area (Å²) in [5.41, 5.74) is 2.72. The van der Waals surface area contributed by atoms with Gasteiger partial charge in [-0.3, -0.25) is 4.90 Å². The van der Waals surface area contributed by atoms with Crippen molar-refractivity contribution in [3.8, 4) is 5.75 Å². The molecule has 8 heteroatoms. The fourth-order valence-corrected chi connectivity index (χ4v) is 6.72. The molecule has 1 fully saturated rings. The smallest absolute Gasteiger partial charge is 0.159 e. The Labute approximate surface area is 206 Å². The number of phenols is 1. The van der Waals surface area contributed by atoms with Crippen LogP contribution in [-0.2, 0) is 12.8 Å². The molecule has 2 aromatic carbocycles. The molecule has 180 valence electrons. The molecule has 6 rings (SSSR count). The van der Waals surface area contributed by atoms with Gasteiger partial charge in [0.05, 0.1) is 11.4 Å². The van der Waals surface area contributed by atoms with Gasteiger partial charge in [-0.15, -0.1) is 11.3 Å². The molecule has 35 heavy (non-hydrogen) atoms. The third-order valence-corrected chi connectivity index (χ3v) is 8.40. The van der Waals surface area contributed by atoms with E-state index in [2.05, 4.69) is 14.8 Å². The summed E-state index contributed by atoms with van der Waals surface area (Å²) in [7, 11) is 0. The van der Waals surface area contributed by atoms with E-state index >= 15 is 0 Å². The van der Waals surface area contributed by atoms with Gasteiger partial charge >= 0.3 is 0 Å². The highest BCUT2D eigenvalue weighted by Crippen LogP contribution is 2.40. The number of rotatable bonds is 4. The van der Waals surface area contributed by atoms with Crippen molar-refractivity contribution in [1.82, 2.24) is 14.9 Å². The summed E-state index contributed by atoms with van der Waals surface area (Å²) < 4.78 is 27.9. The van der Waals surface area contributed by atoms with Gasteiger partial charge in [0.1, 0.15) is 22.7 Å². The molecule has 3 heterocycles. The zero-order chi connectivity index (χ0) is 23.9. The van der Waals surface area contributed by atoms with E-state index in [1.54, 1.807) is 35.9 Å². The number of fused-ring (bicyclic) bond motifs is 3. The first-order valence-corrected chi connectivity index (χ1v) is 12.9. The van der Waals surface area contributed by atoms with E-state index in [0.717, 1.165) is 42.6 Å². The molecule has 0 radical (unpaired) electrons. The van der Waals surface area contributed by atoms with Crippen LogP contribution in [0, 0.1) is 11.6 Å². The lowest BCUT2D eigenvalue weighted by Crippen LogP contribution is -2.48. The lowest BCUT2D eigenvalue weighted by atomic mass is 9.95. The summed E-state index contributed by atoms with van der Waals surface area (Å²) in [5, 5.41) is 11.8. The maximum absolute atomic E-state index is 14.2. The molecular formula is C27H26F2N4OS. The van der Waals surface area contributed by atoms with E-state index in [4.69, 9.17) is 4.98 Å². The Morgan fingerprint density at radius 3 is 2.51 bits per heavy atom. The number of aromatic nitrogens is 2. The molecule has 1 aliphatic carbocycles. The maximum Gasteiger partial charge on any atom is 0.159 e. The molecule has 0 bridgehead atoms. The Hall–Kier alpha value is -3.10. The molecule has 5 nitrogen and oxygen atoms in total. The minimum atomic E-state index is -0.882. The molecule has 1 unspecified atom stereocenters. The van der Waals surface area contributed by atoms with Crippen LogP contribution in [-0.4, -0.2) is 46.2 Å². The van der Waals surface area contributed by atoms with Crippen molar-refractivity contribution in [1.29, 1.82) is 0 Å². The third-order valence-electron chi connectivity index (χ3n) is 7.20. The number of hydrogen-bond acceptors (Lipinski definition) is 6. The number of hydrogen-bond donors (Lipinski definition) is 1. The summed E-state index contributed by atoms with van der Waals surface area (Å²) in [6, 6.07) is 10.7. The summed E-state index contributed by atoms with van der Waals surface area (Å²) >= 11 is 1.80. The standard InChI is InChI=1S/C27H26F2N4OS/c28-20-10-9-17(15-21(20)29)25(18-5-1-3-7-22(18)34)32-11-13-33(14-12-32)26-24-19-6-2-4-8-23(19)35-27(24)31-16-30-26/h1,3,5,7,9-10,15-16,25,34H,2,4,6,8,11-14H2. The highest BCUT2D eigenvalue weighted by Gasteiger charge is 2.30. The molecule has 1 N–H and O–H groups in total. The van der Waals surface area contributed by atoms with Crippen LogP contribution in [0.3, 0.4) is 0 Å². The van der Waals surface area contributed by atoms with Crippen molar-refractivity contribution >= 4 is 27.4 Å². The summed E-state index contributed by atoms with van der Waals surface area (Å²) in [5.74, 6) is -0.610. The summed E-state index contributed by atoms with van der Waals surface area (Å²) in [4.78, 5) is 16.3. The number of halogens is 2. The zero-order valence-corrected chi connectivity index (χ0v) is 20.1. The number of piperazine rings is 1. The van der Waals surface area contributed by atoms with Gasteiger partial charge in [0.15, 0.2) is 11.6 Å². The average Bonchev–Trinajstić information content (AvgIpc) is 3.27. The van der Waals surface area contributed by atoms with Crippen LogP contribution in [0.4, 0.5) is 14.6 Å². The van der Waals surface area contributed by atoms with E-state index in [9.17, 15) is 13.9 Å². The van der Waals surface area contributed by atoms with Crippen LogP contribution in [0.2, 0.25) is 0 Å². The first kappa shape index (κ1) is 22.4. The molecule has 4 aromatic rings.